The molecular formula is C19H14N2O4S. The number of rotatable bonds is 2. The fraction of sp³-hybridized carbons (Fsp3) is 0.158. The van der Waals surface area contributed by atoms with E-state index < -0.39 is 5.97 Å². The van der Waals surface area contributed by atoms with Crippen molar-refractivity contribution in [3.63, 3.8) is 0 Å². The van der Waals surface area contributed by atoms with Crippen LogP contribution in [0, 0.1) is 0 Å². The number of carbonyl (C=O) groups is 1. The third kappa shape index (κ3) is 2.28. The van der Waals surface area contributed by atoms with Gasteiger partial charge in [-0.3, -0.25) is 0 Å². The van der Waals surface area contributed by atoms with Crippen LogP contribution in [-0.2, 0) is 5.75 Å². The van der Waals surface area contributed by atoms with Crippen LogP contribution in [0.1, 0.15) is 16.1 Å². The molecule has 1 N–H and O–H groups in total. The fourth-order valence-electron chi connectivity index (χ4n) is 3.32. The minimum atomic E-state index is -1.02. The van der Waals surface area contributed by atoms with Gasteiger partial charge in [0, 0.05) is 27.8 Å². The molecule has 0 spiro atoms. The highest BCUT2D eigenvalue weighted by atomic mass is 32.2. The molecule has 0 saturated heterocycles. The molecule has 0 amide bonds. The van der Waals surface area contributed by atoms with E-state index in [4.69, 9.17) is 9.47 Å². The average Bonchev–Trinajstić information content (AvgIpc) is 3.08. The minimum absolute atomic E-state index is 0.0943. The number of aromatic carboxylic acids is 1. The molecule has 26 heavy (non-hydrogen) atoms. The zero-order valence-corrected chi connectivity index (χ0v) is 14.5. The van der Waals surface area contributed by atoms with Crippen molar-refractivity contribution >= 4 is 17.7 Å². The maximum absolute atomic E-state index is 11.7. The monoisotopic (exact) mass is 366 g/mol. The van der Waals surface area contributed by atoms with E-state index in [-0.39, 0.29) is 5.69 Å². The first-order valence-corrected chi connectivity index (χ1v) is 9.18. The summed E-state index contributed by atoms with van der Waals surface area (Å²) in [6.07, 6.45) is 0. The lowest BCUT2D eigenvalue weighted by molar-refractivity contribution is 0.0689. The van der Waals surface area contributed by atoms with Crippen LogP contribution in [0.15, 0.2) is 47.4 Å². The van der Waals surface area contributed by atoms with E-state index >= 15 is 0 Å². The number of fused-ring (bicyclic) bond motifs is 4. The number of carboxylic acid groups (broad SMARTS) is 1. The van der Waals surface area contributed by atoms with E-state index in [1.54, 1.807) is 16.4 Å². The highest BCUT2D eigenvalue weighted by Crippen LogP contribution is 2.44. The molecule has 2 aromatic carbocycles. The van der Waals surface area contributed by atoms with Crippen molar-refractivity contribution in [2.75, 3.05) is 13.2 Å². The van der Waals surface area contributed by atoms with Crippen molar-refractivity contribution in [1.29, 1.82) is 0 Å². The molecule has 0 aliphatic carbocycles. The number of aromatic nitrogens is 2. The summed E-state index contributed by atoms with van der Waals surface area (Å²) < 4.78 is 12.9. The summed E-state index contributed by atoms with van der Waals surface area (Å²) in [6, 6.07) is 13.5. The van der Waals surface area contributed by atoms with Gasteiger partial charge >= 0.3 is 5.97 Å². The van der Waals surface area contributed by atoms with Crippen molar-refractivity contribution in [1.82, 2.24) is 9.78 Å². The van der Waals surface area contributed by atoms with E-state index in [0.29, 0.717) is 30.5 Å². The average molecular weight is 366 g/mol. The van der Waals surface area contributed by atoms with E-state index in [0.717, 1.165) is 27.4 Å². The maximum Gasteiger partial charge on any atom is 0.356 e. The van der Waals surface area contributed by atoms with Gasteiger partial charge in [-0.1, -0.05) is 18.2 Å². The molecule has 3 aromatic rings. The maximum atomic E-state index is 11.7. The molecule has 0 saturated carbocycles. The van der Waals surface area contributed by atoms with Crippen molar-refractivity contribution in [2.24, 2.45) is 0 Å². The highest BCUT2D eigenvalue weighted by Gasteiger charge is 2.29. The second-order valence-electron chi connectivity index (χ2n) is 6.01. The number of hydrogen-bond donors (Lipinski definition) is 1. The summed E-state index contributed by atoms with van der Waals surface area (Å²) in [6.45, 7) is 1.02. The van der Waals surface area contributed by atoms with Gasteiger partial charge in [0.15, 0.2) is 17.2 Å². The lowest BCUT2D eigenvalue weighted by Crippen LogP contribution is -2.15. The Morgan fingerprint density at radius 1 is 1.12 bits per heavy atom. The number of carboxylic acids is 1. The largest absolute Gasteiger partial charge is 0.486 e. The molecule has 130 valence electrons. The lowest BCUT2D eigenvalue weighted by Gasteiger charge is -2.20. The van der Waals surface area contributed by atoms with Crippen molar-refractivity contribution in [3.8, 4) is 28.4 Å². The molecule has 0 fully saturated rings. The number of ether oxygens (including phenoxy) is 2. The van der Waals surface area contributed by atoms with Crippen LogP contribution in [0.4, 0.5) is 0 Å². The quantitative estimate of drug-likeness (QED) is 0.747. The second-order valence-corrected chi connectivity index (χ2v) is 7.02. The van der Waals surface area contributed by atoms with Crippen LogP contribution in [0.2, 0.25) is 0 Å². The van der Waals surface area contributed by atoms with Gasteiger partial charge in [-0.15, -0.1) is 11.8 Å². The third-order valence-corrected chi connectivity index (χ3v) is 5.57. The molecule has 0 unspecified atom stereocenters. The standard InChI is InChI=1S/C19H14N2O4S/c22-19(23)17-13-10-26-16-4-2-1-3-12(16)18(13)21(20-17)11-5-6-14-15(9-11)25-8-7-24-14/h1-6,9H,7-8,10H2,(H,22,23). The Labute approximate surface area is 153 Å². The predicted molar refractivity (Wildman–Crippen MR) is 96.5 cm³/mol. The Bertz CT molecular complexity index is 1040. The summed E-state index contributed by atoms with van der Waals surface area (Å²) >= 11 is 1.63. The van der Waals surface area contributed by atoms with Gasteiger partial charge < -0.3 is 14.6 Å². The molecule has 0 radical (unpaired) electrons. The Balaban J connectivity index is 1.75. The number of thioether (sulfide) groups is 1. The zero-order chi connectivity index (χ0) is 17.7. The number of benzene rings is 2. The van der Waals surface area contributed by atoms with Crippen LogP contribution in [0.5, 0.6) is 11.5 Å². The SMILES string of the molecule is O=C(O)c1nn(-c2ccc3c(c2)OCCO3)c2c1CSc1ccccc1-2. The first-order chi connectivity index (χ1) is 12.7. The predicted octanol–water partition coefficient (Wildman–Crippen LogP) is 3.61. The molecular weight excluding hydrogens is 352 g/mol. The molecule has 2 aliphatic rings. The van der Waals surface area contributed by atoms with Gasteiger partial charge in [-0.2, -0.15) is 5.10 Å². The summed E-state index contributed by atoms with van der Waals surface area (Å²) in [7, 11) is 0. The summed E-state index contributed by atoms with van der Waals surface area (Å²) in [5, 5.41) is 14.0. The van der Waals surface area contributed by atoms with Crippen molar-refractivity contribution in [2.45, 2.75) is 10.6 Å². The molecule has 1 aromatic heterocycles. The normalized spacial score (nSPS) is 14.5. The van der Waals surface area contributed by atoms with Crippen LogP contribution in [0.3, 0.4) is 0 Å². The molecule has 3 heterocycles. The van der Waals surface area contributed by atoms with Crippen LogP contribution in [0.25, 0.3) is 16.9 Å². The van der Waals surface area contributed by atoms with Gasteiger partial charge in [-0.05, 0) is 18.2 Å². The van der Waals surface area contributed by atoms with Gasteiger partial charge in [-0.25, -0.2) is 9.48 Å². The Hall–Kier alpha value is -2.93. The Morgan fingerprint density at radius 2 is 1.92 bits per heavy atom. The van der Waals surface area contributed by atoms with Gasteiger partial charge in [0.1, 0.15) is 13.2 Å². The highest BCUT2D eigenvalue weighted by molar-refractivity contribution is 7.98. The molecule has 5 rings (SSSR count). The summed E-state index contributed by atoms with van der Waals surface area (Å²) in [5.74, 6) is 0.903. The van der Waals surface area contributed by atoms with Crippen LogP contribution >= 0.6 is 11.8 Å². The van der Waals surface area contributed by atoms with Gasteiger partial charge in [0.05, 0.1) is 11.4 Å². The fourth-order valence-corrected chi connectivity index (χ4v) is 4.39. The Kier molecular flexibility index (Phi) is 3.43. The lowest BCUT2D eigenvalue weighted by atomic mass is 10.1. The van der Waals surface area contributed by atoms with E-state index in [1.807, 2.05) is 42.5 Å². The molecule has 0 bridgehead atoms. The van der Waals surface area contributed by atoms with Gasteiger partial charge in [0.2, 0.25) is 0 Å². The van der Waals surface area contributed by atoms with Crippen molar-refractivity contribution < 1.29 is 19.4 Å². The zero-order valence-electron chi connectivity index (χ0n) is 13.6. The minimum Gasteiger partial charge on any atom is -0.486 e. The van der Waals surface area contributed by atoms with Gasteiger partial charge in [0.25, 0.3) is 0 Å². The van der Waals surface area contributed by atoms with Crippen molar-refractivity contribution in [3.05, 3.63) is 53.7 Å². The first kappa shape index (κ1) is 15.3. The van der Waals surface area contributed by atoms with E-state index in [2.05, 4.69) is 5.10 Å². The number of nitrogens with zero attached hydrogens (tertiary/aromatic N) is 2. The summed E-state index contributed by atoms with van der Waals surface area (Å²) in [4.78, 5) is 12.9. The van der Waals surface area contributed by atoms with E-state index in [1.165, 1.54) is 0 Å². The molecule has 7 heteroatoms. The molecule has 6 nitrogen and oxygen atoms in total. The number of hydrogen-bond acceptors (Lipinski definition) is 5. The van der Waals surface area contributed by atoms with Crippen LogP contribution in [-0.4, -0.2) is 34.1 Å². The van der Waals surface area contributed by atoms with E-state index in [9.17, 15) is 9.90 Å². The second kappa shape index (κ2) is 5.81. The third-order valence-electron chi connectivity index (χ3n) is 4.47. The summed E-state index contributed by atoms with van der Waals surface area (Å²) in [5.41, 5.74) is 3.41. The topological polar surface area (TPSA) is 73.6 Å². The van der Waals surface area contributed by atoms with Crippen LogP contribution < -0.4 is 9.47 Å². The smallest absolute Gasteiger partial charge is 0.356 e. The first-order valence-electron chi connectivity index (χ1n) is 8.20. The molecule has 0 atom stereocenters. The molecule has 2 aliphatic heterocycles. The Morgan fingerprint density at radius 3 is 2.77 bits per heavy atom.